The third kappa shape index (κ3) is 2.70. The number of aromatic nitrogens is 1. The highest BCUT2D eigenvalue weighted by molar-refractivity contribution is 7.07. The highest BCUT2D eigenvalue weighted by Gasteiger charge is 2.14. The van der Waals surface area contributed by atoms with Gasteiger partial charge < -0.3 is 4.74 Å². The summed E-state index contributed by atoms with van der Waals surface area (Å²) < 4.78 is 19.1. The quantitative estimate of drug-likeness (QED) is 0.841. The Hall–Kier alpha value is -2.21. The van der Waals surface area contributed by atoms with E-state index in [-0.39, 0.29) is 12.4 Å². The molecule has 102 valence electrons. The number of thiazole rings is 1. The predicted octanol–water partition coefficient (Wildman–Crippen LogP) is 1.45. The van der Waals surface area contributed by atoms with Crippen molar-refractivity contribution in [1.82, 2.24) is 9.88 Å². The normalized spacial score (nSPS) is 13.2. The Balaban J connectivity index is 1.66. The number of rotatable bonds is 2. The van der Waals surface area contributed by atoms with Gasteiger partial charge in [-0.25, -0.2) is 14.2 Å². The van der Waals surface area contributed by atoms with Crippen LogP contribution in [-0.2, 0) is 11.3 Å². The number of hydrogen-bond donors (Lipinski definition) is 0. The fraction of sp³-hybridized carbons (Fsp3) is 0.143. The third-order valence-corrected chi connectivity index (χ3v) is 3.64. The van der Waals surface area contributed by atoms with Crippen molar-refractivity contribution in [2.75, 3.05) is 6.54 Å². The number of nitrogens with zero attached hydrogens (tertiary/aromatic N) is 2. The number of carbonyl (C=O) groups is 1. The van der Waals surface area contributed by atoms with E-state index in [4.69, 9.17) is 4.74 Å². The Kier molecular flexibility index (Phi) is 3.47. The second-order valence-electron chi connectivity index (χ2n) is 4.27. The van der Waals surface area contributed by atoms with Crippen molar-refractivity contribution in [3.05, 3.63) is 51.0 Å². The third-order valence-electron chi connectivity index (χ3n) is 2.86. The van der Waals surface area contributed by atoms with Crippen LogP contribution in [0.1, 0.15) is 5.56 Å². The fourth-order valence-corrected chi connectivity index (χ4v) is 2.60. The van der Waals surface area contributed by atoms with Crippen molar-refractivity contribution in [2.45, 2.75) is 6.61 Å². The second kappa shape index (κ2) is 5.42. The second-order valence-corrected chi connectivity index (χ2v) is 5.16. The van der Waals surface area contributed by atoms with Gasteiger partial charge in [0.2, 0.25) is 0 Å². The van der Waals surface area contributed by atoms with Crippen molar-refractivity contribution < 1.29 is 13.9 Å². The van der Waals surface area contributed by atoms with Gasteiger partial charge in [0.05, 0.1) is 15.4 Å². The number of benzene rings is 1. The van der Waals surface area contributed by atoms with E-state index in [1.165, 1.54) is 28.4 Å². The first kappa shape index (κ1) is 12.8. The number of carbonyl (C=O) groups excluding carboxylic acids is 1. The van der Waals surface area contributed by atoms with Crippen molar-refractivity contribution in [3.8, 4) is 0 Å². The molecule has 4 nitrogen and oxygen atoms in total. The van der Waals surface area contributed by atoms with E-state index in [1.54, 1.807) is 23.8 Å². The zero-order valence-corrected chi connectivity index (χ0v) is 11.3. The van der Waals surface area contributed by atoms with Gasteiger partial charge in [0.25, 0.3) is 0 Å². The number of ether oxygens (including phenoxy) is 1. The minimum absolute atomic E-state index is 0.0521. The van der Waals surface area contributed by atoms with E-state index in [0.29, 0.717) is 12.1 Å². The highest BCUT2D eigenvalue weighted by atomic mass is 32.1. The Labute approximate surface area is 118 Å². The fourth-order valence-electron chi connectivity index (χ4n) is 1.87. The van der Waals surface area contributed by atoms with E-state index in [0.717, 1.165) is 9.88 Å². The Morgan fingerprint density at radius 1 is 1.50 bits per heavy atom. The van der Waals surface area contributed by atoms with Crippen LogP contribution in [0.15, 0.2) is 29.8 Å². The molecule has 1 aromatic carbocycles. The average Bonchev–Trinajstić information content (AvgIpc) is 2.92. The number of fused-ring (bicyclic) bond motifs is 1. The lowest BCUT2D eigenvalue weighted by Crippen LogP contribution is -2.37. The summed E-state index contributed by atoms with van der Waals surface area (Å²) in [4.78, 5) is 17.6. The lowest BCUT2D eigenvalue weighted by molar-refractivity contribution is 0.118. The average molecular weight is 290 g/mol. The van der Waals surface area contributed by atoms with E-state index in [1.807, 2.05) is 6.08 Å². The smallest absolute Gasteiger partial charge is 0.414 e. The van der Waals surface area contributed by atoms with E-state index < -0.39 is 6.09 Å². The predicted molar refractivity (Wildman–Crippen MR) is 73.6 cm³/mol. The molecule has 1 aromatic heterocycles. The van der Waals surface area contributed by atoms with Gasteiger partial charge in [-0.3, -0.25) is 4.90 Å². The van der Waals surface area contributed by atoms with E-state index in [9.17, 15) is 9.18 Å². The Morgan fingerprint density at radius 2 is 2.40 bits per heavy atom. The SMILES string of the molecule is O=C(OCc1cccc(F)c1)N1C=c2scnc2=CC1. The minimum Gasteiger partial charge on any atom is -0.444 e. The van der Waals surface area contributed by atoms with Gasteiger partial charge >= 0.3 is 6.09 Å². The Morgan fingerprint density at radius 3 is 3.25 bits per heavy atom. The molecule has 1 aliphatic heterocycles. The number of amides is 1. The monoisotopic (exact) mass is 290 g/mol. The molecule has 0 radical (unpaired) electrons. The maximum absolute atomic E-state index is 13.0. The summed E-state index contributed by atoms with van der Waals surface area (Å²) in [7, 11) is 0. The summed E-state index contributed by atoms with van der Waals surface area (Å²) in [6, 6.07) is 6.00. The van der Waals surface area contributed by atoms with Crippen LogP contribution < -0.4 is 9.88 Å². The van der Waals surface area contributed by atoms with Crippen LogP contribution in [0.3, 0.4) is 0 Å². The van der Waals surface area contributed by atoms with Crippen molar-refractivity contribution in [3.63, 3.8) is 0 Å². The van der Waals surface area contributed by atoms with Crippen molar-refractivity contribution >= 4 is 29.7 Å². The van der Waals surface area contributed by atoms with Gasteiger partial charge in [-0.1, -0.05) is 12.1 Å². The molecule has 0 atom stereocenters. The molecule has 0 saturated heterocycles. The lowest BCUT2D eigenvalue weighted by atomic mass is 10.2. The molecule has 1 amide bonds. The maximum Gasteiger partial charge on any atom is 0.414 e. The Bertz CT molecular complexity index is 757. The topological polar surface area (TPSA) is 42.4 Å². The van der Waals surface area contributed by atoms with Gasteiger partial charge in [-0.05, 0) is 23.8 Å². The van der Waals surface area contributed by atoms with Crippen LogP contribution in [-0.4, -0.2) is 22.5 Å². The summed E-state index contributed by atoms with van der Waals surface area (Å²) in [5.41, 5.74) is 2.36. The lowest BCUT2D eigenvalue weighted by Gasteiger charge is -2.17. The largest absolute Gasteiger partial charge is 0.444 e. The number of halogens is 1. The van der Waals surface area contributed by atoms with Gasteiger partial charge in [0.1, 0.15) is 12.4 Å². The van der Waals surface area contributed by atoms with Gasteiger partial charge in [0, 0.05) is 12.7 Å². The van der Waals surface area contributed by atoms with Gasteiger partial charge in [-0.2, -0.15) is 0 Å². The zero-order valence-electron chi connectivity index (χ0n) is 10.5. The zero-order chi connectivity index (χ0) is 13.9. The molecule has 0 spiro atoms. The molecule has 0 unspecified atom stereocenters. The molecular formula is C14H11FN2O2S. The summed E-state index contributed by atoms with van der Waals surface area (Å²) >= 11 is 1.47. The molecule has 1 aliphatic rings. The summed E-state index contributed by atoms with van der Waals surface area (Å²) in [6.45, 7) is 0.481. The molecule has 0 aliphatic carbocycles. The standard InChI is InChI=1S/C14H11FN2O2S/c15-11-3-1-2-10(6-11)8-19-14(18)17-5-4-12-13(7-17)20-9-16-12/h1-4,6-7,9H,5,8H2. The molecule has 2 heterocycles. The van der Waals surface area contributed by atoms with Crippen LogP contribution in [0, 0.1) is 5.82 Å². The molecule has 2 aromatic rings. The van der Waals surface area contributed by atoms with Crippen molar-refractivity contribution in [1.29, 1.82) is 0 Å². The molecule has 0 bridgehead atoms. The molecule has 3 rings (SSSR count). The van der Waals surface area contributed by atoms with E-state index >= 15 is 0 Å². The molecule has 6 heteroatoms. The first-order chi connectivity index (χ1) is 9.72. The van der Waals surface area contributed by atoms with Crippen LogP contribution in [0.25, 0.3) is 12.3 Å². The van der Waals surface area contributed by atoms with Crippen LogP contribution in [0.2, 0.25) is 0 Å². The summed E-state index contributed by atoms with van der Waals surface area (Å²) in [6.07, 6.45) is 3.14. The van der Waals surface area contributed by atoms with Crippen LogP contribution in [0.4, 0.5) is 9.18 Å². The van der Waals surface area contributed by atoms with Crippen LogP contribution >= 0.6 is 11.3 Å². The van der Waals surface area contributed by atoms with Crippen molar-refractivity contribution in [2.24, 2.45) is 0 Å². The summed E-state index contributed by atoms with van der Waals surface area (Å²) in [5.74, 6) is -0.342. The molecule has 0 saturated carbocycles. The van der Waals surface area contributed by atoms with E-state index in [2.05, 4.69) is 4.98 Å². The highest BCUT2D eigenvalue weighted by Crippen LogP contribution is 2.07. The summed E-state index contributed by atoms with van der Waals surface area (Å²) in [5, 5.41) is 0.893. The first-order valence-electron chi connectivity index (χ1n) is 6.02. The molecule has 20 heavy (non-hydrogen) atoms. The number of hydrogen-bond acceptors (Lipinski definition) is 4. The molecule has 0 fully saturated rings. The minimum atomic E-state index is -0.454. The molecular weight excluding hydrogens is 279 g/mol. The van der Waals surface area contributed by atoms with Gasteiger partial charge in [-0.15, -0.1) is 11.3 Å². The maximum atomic E-state index is 13.0. The van der Waals surface area contributed by atoms with Gasteiger partial charge in [0.15, 0.2) is 0 Å². The first-order valence-corrected chi connectivity index (χ1v) is 6.90. The molecule has 0 N–H and O–H groups in total. The van der Waals surface area contributed by atoms with Crippen LogP contribution in [0.5, 0.6) is 0 Å².